The molecule has 1 fully saturated rings. The molecule has 0 spiro atoms. The van der Waals surface area contributed by atoms with Crippen LogP contribution in [0, 0.1) is 0 Å². The first-order chi connectivity index (χ1) is 16.2. The van der Waals surface area contributed by atoms with E-state index in [0.717, 1.165) is 53.3 Å². The summed E-state index contributed by atoms with van der Waals surface area (Å²) in [6, 6.07) is 28.2. The third-order valence-corrected chi connectivity index (χ3v) is 6.75. The fraction of sp³-hybridized carbons (Fsp3) is 0.310. The van der Waals surface area contributed by atoms with E-state index in [1.807, 2.05) is 6.07 Å². The van der Waals surface area contributed by atoms with Gasteiger partial charge < -0.3 is 14.7 Å². The fourth-order valence-corrected chi connectivity index (χ4v) is 4.53. The van der Waals surface area contributed by atoms with E-state index < -0.39 is 0 Å². The van der Waals surface area contributed by atoms with Crippen LogP contribution < -0.4 is 4.74 Å². The second-order valence-electron chi connectivity index (χ2n) is 8.66. The zero-order valence-corrected chi connectivity index (χ0v) is 22.0. The molecule has 1 aliphatic heterocycles. The number of ether oxygens (including phenoxy) is 1. The lowest BCUT2D eigenvalue weighted by Crippen LogP contribution is -2.02. The highest BCUT2D eigenvalue weighted by Gasteiger charge is 2.28. The number of allylic oxidation sites excluding steroid dienone is 1. The largest absolute Gasteiger partial charge is 0.494 e. The van der Waals surface area contributed by atoms with Crippen LogP contribution in [0.1, 0.15) is 42.4 Å². The molecule has 1 N–H and O–H groups in total. The van der Waals surface area contributed by atoms with Gasteiger partial charge in [0.05, 0.1) is 6.61 Å². The number of hydrogen-bond acceptors (Lipinski definition) is 3. The molecule has 180 valence electrons. The van der Waals surface area contributed by atoms with Gasteiger partial charge in [0.1, 0.15) is 5.75 Å². The monoisotopic (exact) mass is 541 g/mol. The molecule has 0 aromatic heterocycles. The molecule has 1 saturated heterocycles. The molecule has 0 radical (unpaired) electrons. The summed E-state index contributed by atoms with van der Waals surface area (Å²) in [6.07, 6.45) is 3.82. The first-order valence-corrected chi connectivity index (χ1v) is 12.5. The van der Waals surface area contributed by atoms with Crippen molar-refractivity contribution in [3.05, 3.63) is 100 Å². The van der Waals surface area contributed by atoms with Crippen LogP contribution in [0.5, 0.6) is 5.75 Å². The summed E-state index contributed by atoms with van der Waals surface area (Å²) in [7, 11) is 2.17. The SMILES string of the molecule is CN1C[C@@H]1CCCOc1ccc(/C(=C(/CCCO)c2ccccc2)c2ccc(Br)cc2)cc1.Cl. The van der Waals surface area contributed by atoms with E-state index in [1.165, 1.54) is 29.7 Å². The summed E-state index contributed by atoms with van der Waals surface area (Å²) < 4.78 is 7.07. The Hall–Kier alpha value is -2.11. The number of hydrogen-bond donors (Lipinski definition) is 1. The number of benzene rings is 3. The summed E-state index contributed by atoms with van der Waals surface area (Å²) in [4.78, 5) is 2.37. The standard InChI is InChI=1S/C29H32BrNO2.ClH/c1-31-21-26(31)9-6-20-33-27-17-13-24(14-18-27)29(23-11-15-25(30)16-12-23)28(10-5-19-32)22-7-3-2-4-8-22;/h2-4,7-8,11-18,26,32H,5-6,9-10,19-21H2,1H3;1H/b29-28-;/t26-,31?;/m0./s1. The Balaban J connectivity index is 0.00000324. The zero-order valence-electron chi connectivity index (χ0n) is 19.6. The molecule has 0 saturated carbocycles. The van der Waals surface area contributed by atoms with Gasteiger partial charge in [-0.3, -0.25) is 0 Å². The number of nitrogens with zero attached hydrogens (tertiary/aromatic N) is 1. The highest BCUT2D eigenvalue weighted by Crippen LogP contribution is 2.36. The summed E-state index contributed by atoms with van der Waals surface area (Å²) in [5.74, 6) is 0.912. The van der Waals surface area contributed by atoms with Crippen LogP contribution in [-0.4, -0.2) is 42.9 Å². The fourth-order valence-electron chi connectivity index (χ4n) is 4.26. The maximum atomic E-state index is 9.57. The van der Waals surface area contributed by atoms with Crippen molar-refractivity contribution < 1.29 is 9.84 Å². The van der Waals surface area contributed by atoms with Gasteiger partial charge in [0.15, 0.2) is 0 Å². The van der Waals surface area contributed by atoms with Crippen molar-refractivity contribution in [3.8, 4) is 5.75 Å². The smallest absolute Gasteiger partial charge is 0.119 e. The maximum Gasteiger partial charge on any atom is 0.119 e. The van der Waals surface area contributed by atoms with Crippen molar-refractivity contribution in [3.63, 3.8) is 0 Å². The van der Waals surface area contributed by atoms with Crippen LogP contribution in [-0.2, 0) is 0 Å². The van der Waals surface area contributed by atoms with E-state index >= 15 is 0 Å². The zero-order chi connectivity index (χ0) is 23.0. The van der Waals surface area contributed by atoms with Gasteiger partial charge in [0.25, 0.3) is 0 Å². The van der Waals surface area contributed by atoms with Gasteiger partial charge in [-0.1, -0.05) is 70.5 Å². The molecule has 0 aliphatic carbocycles. The van der Waals surface area contributed by atoms with Crippen LogP contribution in [0.15, 0.2) is 83.3 Å². The Bertz CT molecular complexity index is 1050. The highest BCUT2D eigenvalue weighted by atomic mass is 79.9. The Morgan fingerprint density at radius 1 is 0.912 bits per heavy atom. The molecule has 3 nitrogen and oxygen atoms in total. The molecule has 34 heavy (non-hydrogen) atoms. The van der Waals surface area contributed by atoms with Crippen LogP contribution in [0.2, 0.25) is 0 Å². The number of aliphatic hydroxyl groups is 1. The van der Waals surface area contributed by atoms with Gasteiger partial charge in [-0.05, 0) is 84.8 Å². The van der Waals surface area contributed by atoms with E-state index in [9.17, 15) is 5.11 Å². The summed E-state index contributed by atoms with van der Waals surface area (Å²) in [6.45, 7) is 2.15. The molecule has 4 rings (SSSR count). The third kappa shape index (κ3) is 7.19. The van der Waals surface area contributed by atoms with Gasteiger partial charge >= 0.3 is 0 Å². The van der Waals surface area contributed by atoms with Gasteiger partial charge in [0, 0.05) is 23.7 Å². The van der Waals surface area contributed by atoms with Crippen molar-refractivity contribution in [1.29, 1.82) is 0 Å². The predicted octanol–water partition coefficient (Wildman–Crippen LogP) is 7.08. The van der Waals surface area contributed by atoms with E-state index in [4.69, 9.17) is 4.74 Å². The number of rotatable bonds is 11. The molecule has 3 aromatic carbocycles. The van der Waals surface area contributed by atoms with Gasteiger partial charge in [-0.2, -0.15) is 0 Å². The molecular formula is C29H33BrClNO2. The van der Waals surface area contributed by atoms with Crippen molar-refractivity contribution >= 4 is 39.5 Å². The normalized spacial score (nSPS) is 17.5. The van der Waals surface area contributed by atoms with E-state index in [0.29, 0.717) is 0 Å². The molecular weight excluding hydrogens is 510 g/mol. The van der Waals surface area contributed by atoms with Crippen molar-refractivity contribution in [2.24, 2.45) is 0 Å². The number of halogens is 2. The topological polar surface area (TPSA) is 32.5 Å². The second-order valence-corrected chi connectivity index (χ2v) is 9.58. The average Bonchev–Trinajstić information content (AvgIpc) is 3.56. The number of likely N-dealkylation sites (N-methyl/N-ethyl adjacent to an activating group) is 1. The lowest BCUT2D eigenvalue weighted by Gasteiger charge is -2.18. The second kappa shape index (κ2) is 13.1. The minimum atomic E-state index is 0. The molecule has 0 amide bonds. The van der Waals surface area contributed by atoms with Crippen molar-refractivity contribution in [1.82, 2.24) is 4.90 Å². The minimum Gasteiger partial charge on any atom is -0.494 e. The van der Waals surface area contributed by atoms with E-state index in [1.54, 1.807) is 0 Å². The Morgan fingerprint density at radius 3 is 2.12 bits per heavy atom. The van der Waals surface area contributed by atoms with Gasteiger partial charge in [-0.25, -0.2) is 0 Å². The molecule has 3 aromatic rings. The predicted molar refractivity (Wildman–Crippen MR) is 148 cm³/mol. The Labute approximate surface area is 218 Å². The van der Waals surface area contributed by atoms with Crippen LogP contribution in [0.4, 0.5) is 0 Å². The summed E-state index contributed by atoms with van der Waals surface area (Å²) in [5, 5.41) is 9.57. The van der Waals surface area contributed by atoms with Crippen molar-refractivity contribution in [2.75, 3.05) is 26.8 Å². The third-order valence-electron chi connectivity index (χ3n) is 6.22. The van der Waals surface area contributed by atoms with E-state index in [2.05, 4.69) is 101 Å². The average molecular weight is 543 g/mol. The first kappa shape index (κ1) is 26.5. The lowest BCUT2D eigenvalue weighted by atomic mass is 9.87. The Morgan fingerprint density at radius 2 is 1.53 bits per heavy atom. The van der Waals surface area contributed by atoms with Gasteiger partial charge in [-0.15, -0.1) is 12.4 Å². The summed E-state index contributed by atoms with van der Waals surface area (Å²) >= 11 is 3.56. The molecule has 1 aliphatic rings. The first-order valence-electron chi connectivity index (χ1n) is 11.7. The van der Waals surface area contributed by atoms with Crippen LogP contribution in [0.25, 0.3) is 11.1 Å². The highest BCUT2D eigenvalue weighted by molar-refractivity contribution is 9.10. The molecule has 0 bridgehead atoms. The van der Waals surface area contributed by atoms with Crippen LogP contribution >= 0.6 is 28.3 Å². The lowest BCUT2D eigenvalue weighted by molar-refractivity contribution is 0.290. The van der Waals surface area contributed by atoms with Crippen molar-refractivity contribution in [2.45, 2.75) is 31.7 Å². The van der Waals surface area contributed by atoms with Crippen LogP contribution in [0.3, 0.4) is 0 Å². The number of aliphatic hydroxyl groups excluding tert-OH is 1. The molecule has 1 unspecified atom stereocenters. The molecule has 1 heterocycles. The Kier molecular flexibility index (Phi) is 10.2. The summed E-state index contributed by atoms with van der Waals surface area (Å²) in [5.41, 5.74) is 5.95. The molecule has 5 heteroatoms. The van der Waals surface area contributed by atoms with Gasteiger partial charge in [0.2, 0.25) is 0 Å². The maximum absolute atomic E-state index is 9.57. The van der Waals surface area contributed by atoms with E-state index in [-0.39, 0.29) is 19.0 Å². The minimum absolute atomic E-state index is 0. The quantitative estimate of drug-likeness (QED) is 0.160. The molecule has 2 atom stereocenters.